The van der Waals surface area contributed by atoms with E-state index in [1.165, 1.54) is 30.1 Å². The van der Waals surface area contributed by atoms with Crippen molar-refractivity contribution in [3.05, 3.63) is 59.7 Å². The molecule has 2 aliphatic rings. The lowest BCUT2D eigenvalue weighted by molar-refractivity contribution is -0.0170. The number of amidine groups is 1. The van der Waals surface area contributed by atoms with E-state index in [1.54, 1.807) is 24.3 Å². The van der Waals surface area contributed by atoms with Gasteiger partial charge in [0.2, 0.25) is 0 Å². The molecule has 0 bridgehead atoms. The van der Waals surface area contributed by atoms with Crippen LogP contribution in [0.15, 0.2) is 47.6 Å². The highest BCUT2D eigenvalue weighted by Gasteiger charge is 2.49. The van der Waals surface area contributed by atoms with Crippen molar-refractivity contribution in [3.63, 3.8) is 0 Å². The van der Waals surface area contributed by atoms with Crippen LogP contribution in [0.3, 0.4) is 0 Å². The van der Waals surface area contributed by atoms with Crippen LogP contribution in [0.4, 0.5) is 10.1 Å². The quantitative estimate of drug-likeness (QED) is 0.865. The van der Waals surface area contributed by atoms with Crippen molar-refractivity contribution in [2.75, 3.05) is 17.7 Å². The van der Waals surface area contributed by atoms with Gasteiger partial charge in [0, 0.05) is 29.1 Å². The third-order valence-electron chi connectivity index (χ3n) is 4.56. The van der Waals surface area contributed by atoms with E-state index in [0.717, 1.165) is 12.2 Å². The SMILES string of the molecule is NC1=N[C@@]2(c3cc(NC(=O)c4ccccn4)ccc3F)OCC[C@H]2CS1. The topological polar surface area (TPSA) is 89.6 Å². The number of carbonyl (C=O) groups is 1. The number of nitrogens with two attached hydrogens (primary N) is 1. The summed E-state index contributed by atoms with van der Waals surface area (Å²) in [7, 11) is 0. The number of fused-ring (bicyclic) bond motifs is 1. The number of ether oxygens (including phenoxy) is 1. The molecule has 0 spiro atoms. The Morgan fingerprint density at radius 2 is 2.27 bits per heavy atom. The normalized spacial score (nSPS) is 24.7. The Morgan fingerprint density at radius 3 is 3.08 bits per heavy atom. The standard InChI is InChI=1S/C18H17FN4O2S/c19-14-5-4-12(22-16(24)15-3-1-2-7-21-15)9-13(14)18-11(6-8-25-18)10-26-17(20)23-18/h1-5,7,9,11H,6,8,10H2,(H2,20,23)(H,22,24)/t11-,18+/m0/s1. The number of benzene rings is 1. The molecule has 4 rings (SSSR count). The first kappa shape index (κ1) is 17.0. The van der Waals surface area contributed by atoms with Crippen LogP contribution in [0.5, 0.6) is 0 Å². The molecule has 134 valence electrons. The second-order valence-electron chi connectivity index (χ2n) is 6.16. The number of aromatic nitrogens is 1. The van der Waals surface area contributed by atoms with E-state index < -0.39 is 11.5 Å². The molecule has 2 aliphatic heterocycles. The molecule has 1 fully saturated rings. The summed E-state index contributed by atoms with van der Waals surface area (Å²) in [4.78, 5) is 20.8. The second-order valence-corrected chi connectivity index (χ2v) is 7.20. The summed E-state index contributed by atoms with van der Waals surface area (Å²) in [5, 5.41) is 3.12. The van der Waals surface area contributed by atoms with Crippen LogP contribution in [-0.2, 0) is 10.5 Å². The highest BCUT2D eigenvalue weighted by Crippen LogP contribution is 2.48. The first-order valence-corrected chi connectivity index (χ1v) is 9.21. The van der Waals surface area contributed by atoms with Gasteiger partial charge in [0.25, 0.3) is 5.91 Å². The molecule has 1 aromatic carbocycles. The van der Waals surface area contributed by atoms with E-state index in [9.17, 15) is 9.18 Å². The molecule has 6 nitrogen and oxygen atoms in total. The molecule has 1 saturated heterocycles. The van der Waals surface area contributed by atoms with Crippen LogP contribution in [0.2, 0.25) is 0 Å². The summed E-state index contributed by atoms with van der Waals surface area (Å²) in [6.45, 7) is 0.492. The summed E-state index contributed by atoms with van der Waals surface area (Å²) < 4.78 is 20.5. The lowest BCUT2D eigenvalue weighted by Gasteiger charge is -2.34. The van der Waals surface area contributed by atoms with Crippen LogP contribution in [-0.4, -0.2) is 28.4 Å². The number of hydrogen-bond acceptors (Lipinski definition) is 6. The lowest BCUT2D eigenvalue weighted by atomic mass is 9.89. The number of nitrogens with one attached hydrogen (secondary N) is 1. The zero-order valence-corrected chi connectivity index (χ0v) is 14.6. The van der Waals surface area contributed by atoms with E-state index in [1.807, 2.05) is 0 Å². The highest BCUT2D eigenvalue weighted by atomic mass is 32.2. The Bertz CT molecular complexity index is 877. The fourth-order valence-corrected chi connectivity index (χ4v) is 4.26. The lowest BCUT2D eigenvalue weighted by Crippen LogP contribution is -2.38. The maximum absolute atomic E-state index is 14.7. The number of pyridine rings is 1. The minimum Gasteiger partial charge on any atom is -0.378 e. The van der Waals surface area contributed by atoms with Gasteiger partial charge >= 0.3 is 0 Å². The molecule has 3 N–H and O–H groups in total. The zero-order valence-electron chi connectivity index (χ0n) is 13.8. The van der Waals surface area contributed by atoms with Gasteiger partial charge in [0.15, 0.2) is 10.9 Å². The zero-order chi connectivity index (χ0) is 18.1. The number of amides is 1. The van der Waals surface area contributed by atoms with Crippen LogP contribution in [0.1, 0.15) is 22.5 Å². The average Bonchev–Trinajstić information content (AvgIpc) is 3.07. The monoisotopic (exact) mass is 372 g/mol. The molecular formula is C18H17FN4O2S. The Labute approximate surface area is 154 Å². The maximum atomic E-state index is 14.7. The van der Waals surface area contributed by atoms with Gasteiger partial charge in [-0.25, -0.2) is 9.38 Å². The predicted octanol–water partition coefficient (Wildman–Crippen LogP) is 2.72. The molecule has 3 heterocycles. The minimum atomic E-state index is -1.12. The molecule has 2 atom stereocenters. The number of rotatable bonds is 3. The van der Waals surface area contributed by atoms with Crippen LogP contribution in [0, 0.1) is 11.7 Å². The molecule has 1 aromatic heterocycles. The molecule has 0 aliphatic carbocycles. The summed E-state index contributed by atoms with van der Waals surface area (Å²) in [5.41, 5.74) is 5.80. The highest BCUT2D eigenvalue weighted by molar-refractivity contribution is 8.13. The number of nitrogens with zero attached hydrogens (tertiary/aromatic N) is 2. The minimum absolute atomic E-state index is 0.0380. The summed E-state index contributed by atoms with van der Waals surface area (Å²) >= 11 is 1.45. The van der Waals surface area contributed by atoms with Gasteiger partial charge in [0.1, 0.15) is 11.5 Å². The first-order chi connectivity index (χ1) is 12.6. The van der Waals surface area contributed by atoms with E-state index in [-0.39, 0.29) is 17.5 Å². The molecule has 0 unspecified atom stereocenters. The Morgan fingerprint density at radius 1 is 1.38 bits per heavy atom. The van der Waals surface area contributed by atoms with Crippen molar-refractivity contribution in [2.24, 2.45) is 16.6 Å². The molecule has 0 radical (unpaired) electrons. The number of carbonyl (C=O) groups excluding carboxylic acids is 1. The third kappa shape index (κ3) is 2.95. The van der Waals surface area contributed by atoms with Gasteiger partial charge in [-0.2, -0.15) is 0 Å². The van der Waals surface area contributed by atoms with Crippen LogP contribution < -0.4 is 11.1 Å². The fraction of sp³-hybridized carbons (Fsp3) is 0.278. The number of thioether (sulfide) groups is 1. The van der Waals surface area contributed by atoms with Crippen molar-refractivity contribution < 1.29 is 13.9 Å². The molecule has 0 saturated carbocycles. The van der Waals surface area contributed by atoms with Crippen molar-refractivity contribution in [1.82, 2.24) is 4.98 Å². The van der Waals surface area contributed by atoms with E-state index in [4.69, 9.17) is 10.5 Å². The smallest absolute Gasteiger partial charge is 0.274 e. The van der Waals surface area contributed by atoms with Gasteiger partial charge < -0.3 is 15.8 Å². The summed E-state index contributed by atoms with van der Waals surface area (Å²) in [6, 6.07) is 9.45. The van der Waals surface area contributed by atoms with Gasteiger partial charge in [0.05, 0.1) is 6.61 Å². The predicted molar refractivity (Wildman–Crippen MR) is 98.4 cm³/mol. The van der Waals surface area contributed by atoms with Crippen LogP contribution in [0.25, 0.3) is 0 Å². The van der Waals surface area contributed by atoms with Gasteiger partial charge in [-0.15, -0.1) is 0 Å². The first-order valence-electron chi connectivity index (χ1n) is 8.23. The summed E-state index contributed by atoms with van der Waals surface area (Å²) in [5.74, 6) is -0.0433. The van der Waals surface area contributed by atoms with Gasteiger partial charge in [-0.1, -0.05) is 17.8 Å². The Balaban J connectivity index is 1.69. The number of anilines is 1. The van der Waals surface area contributed by atoms with Crippen molar-refractivity contribution in [3.8, 4) is 0 Å². The number of hydrogen-bond donors (Lipinski definition) is 2. The molecule has 26 heavy (non-hydrogen) atoms. The maximum Gasteiger partial charge on any atom is 0.274 e. The van der Waals surface area contributed by atoms with Crippen molar-refractivity contribution in [2.45, 2.75) is 12.1 Å². The van der Waals surface area contributed by atoms with Crippen LogP contribution >= 0.6 is 11.8 Å². The van der Waals surface area contributed by atoms with Gasteiger partial charge in [-0.3, -0.25) is 9.78 Å². The molecule has 8 heteroatoms. The number of aliphatic imine (C=N–C) groups is 1. The van der Waals surface area contributed by atoms with Crippen molar-refractivity contribution >= 4 is 28.5 Å². The largest absolute Gasteiger partial charge is 0.378 e. The van der Waals surface area contributed by atoms with E-state index in [2.05, 4.69) is 15.3 Å². The van der Waals surface area contributed by atoms with E-state index >= 15 is 0 Å². The molecule has 1 amide bonds. The number of halogens is 1. The van der Waals surface area contributed by atoms with Crippen molar-refractivity contribution in [1.29, 1.82) is 0 Å². The molecular weight excluding hydrogens is 355 g/mol. The Kier molecular flexibility index (Phi) is 4.37. The summed E-state index contributed by atoms with van der Waals surface area (Å²) in [6.07, 6.45) is 2.33. The van der Waals surface area contributed by atoms with Gasteiger partial charge in [-0.05, 0) is 36.8 Å². The average molecular weight is 372 g/mol. The second kappa shape index (κ2) is 6.69. The fourth-order valence-electron chi connectivity index (χ4n) is 3.30. The Hall–Kier alpha value is -2.45. The van der Waals surface area contributed by atoms with E-state index in [0.29, 0.717) is 23.0 Å². The third-order valence-corrected chi connectivity index (χ3v) is 5.51. The molecule has 2 aromatic rings.